The van der Waals surface area contributed by atoms with Crippen LogP contribution in [-0.4, -0.2) is 23.5 Å². The van der Waals surface area contributed by atoms with Crippen LogP contribution >= 0.6 is 0 Å². The van der Waals surface area contributed by atoms with E-state index in [4.69, 9.17) is 4.74 Å². The summed E-state index contributed by atoms with van der Waals surface area (Å²) >= 11 is 0. The lowest BCUT2D eigenvalue weighted by atomic mass is 9.77. The summed E-state index contributed by atoms with van der Waals surface area (Å²) in [4.78, 5) is 37.6. The van der Waals surface area contributed by atoms with E-state index in [1.54, 1.807) is 42.5 Å². The van der Waals surface area contributed by atoms with Crippen molar-refractivity contribution in [2.75, 3.05) is 7.05 Å². The fourth-order valence-corrected chi connectivity index (χ4v) is 3.70. The molecule has 140 valence electrons. The summed E-state index contributed by atoms with van der Waals surface area (Å²) in [5.74, 6) is -2.23. The summed E-state index contributed by atoms with van der Waals surface area (Å²) in [6.45, 7) is 1.86. The van der Waals surface area contributed by atoms with E-state index in [2.05, 4.69) is 5.32 Å². The summed E-state index contributed by atoms with van der Waals surface area (Å²) in [6, 6.07) is 13.5. The standard InChI is InChI=1S/C21H16N2O5/c1-11-6-5-7-12(10-11)15-16-18(24)13-8-3-4-9-14(13)19(25)20(16)28-21(22-2)17(15)23(26)27/h3-10,15,22H,1-2H3. The van der Waals surface area contributed by atoms with E-state index in [0.717, 1.165) is 5.56 Å². The first-order valence-corrected chi connectivity index (χ1v) is 8.67. The molecule has 7 heteroatoms. The maximum atomic E-state index is 13.3. The second kappa shape index (κ2) is 6.45. The van der Waals surface area contributed by atoms with Crippen LogP contribution in [-0.2, 0) is 4.74 Å². The van der Waals surface area contributed by atoms with Gasteiger partial charge in [0.25, 0.3) is 5.88 Å². The van der Waals surface area contributed by atoms with E-state index in [1.165, 1.54) is 7.05 Å². The van der Waals surface area contributed by atoms with Gasteiger partial charge in [0.1, 0.15) is 5.92 Å². The van der Waals surface area contributed by atoms with E-state index in [-0.39, 0.29) is 34.0 Å². The molecule has 0 radical (unpaired) electrons. The number of hydrogen-bond acceptors (Lipinski definition) is 6. The van der Waals surface area contributed by atoms with Gasteiger partial charge in [0, 0.05) is 18.2 Å². The van der Waals surface area contributed by atoms with Crippen molar-refractivity contribution in [2.24, 2.45) is 0 Å². The molecular formula is C21H16N2O5. The highest BCUT2D eigenvalue weighted by Gasteiger charge is 2.48. The second-order valence-electron chi connectivity index (χ2n) is 6.62. The molecule has 1 unspecified atom stereocenters. The second-order valence-corrected chi connectivity index (χ2v) is 6.62. The molecule has 0 amide bonds. The molecule has 0 saturated carbocycles. The molecule has 0 saturated heterocycles. The van der Waals surface area contributed by atoms with E-state index in [1.807, 2.05) is 13.0 Å². The average molecular weight is 376 g/mol. The Bertz CT molecular complexity index is 1110. The van der Waals surface area contributed by atoms with Gasteiger partial charge >= 0.3 is 5.70 Å². The summed E-state index contributed by atoms with van der Waals surface area (Å²) < 4.78 is 5.57. The lowest BCUT2D eigenvalue weighted by Gasteiger charge is -2.30. The van der Waals surface area contributed by atoms with Crippen LogP contribution in [0.15, 0.2) is 71.4 Å². The molecule has 2 aromatic carbocycles. The average Bonchev–Trinajstić information content (AvgIpc) is 2.70. The molecule has 0 spiro atoms. The fourth-order valence-electron chi connectivity index (χ4n) is 3.70. The number of carbonyl (C=O) groups excluding carboxylic acids is 2. The number of ether oxygens (including phenoxy) is 1. The van der Waals surface area contributed by atoms with Gasteiger partial charge in [-0.15, -0.1) is 0 Å². The van der Waals surface area contributed by atoms with Crippen LogP contribution < -0.4 is 5.32 Å². The van der Waals surface area contributed by atoms with E-state index in [0.29, 0.717) is 5.56 Å². The van der Waals surface area contributed by atoms with Gasteiger partial charge in [0.05, 0.1) is 10.5 Å². The van der Waals surface area contributed by atoms with Crippen LogP contribution in [0.4, 0.5) is 0 Å². The maximum Gasteiger partial charge on any atom is 0.317 e. The van der Waals surface area contributed by atoms with E-state index in [9.17, 15) is 19.7 Å². The zero-order valence-electron chi connectivity index (χ0n) is 15.2. The van der Waals surface area contributed by atoms with Crippen molar-refractivity contribution in [1.29, 1.82) is 0 Å². The van der Waals surface area contributed by atoms with Gasteiger partial charge in [-0.3, -0.25) is 19.7 Å². The zero-order chi connectivity index (χ0) is 20.0. The molecule has 2 aliphatic rings. The zero-order valence-corrected chi connectivity index (χ0v) is 15.2. The number of fused-ring (bicyclic) bond motifs is 1. The molecule has 4 rings (SSSR count). The van der Waals surface area contributed by atoms with Gasteiger partial charge in [0.2, 0.25) is 5.78 Å². The Labute approximate surface area is 160 Å². The predicted octanol–water partition coefficient (Wildman–Crippen LogP) is 3.11. The van der Waals surface area contributed by atoms with Crippen molar-refractivity contribution in [1.82, 2.24) is 5.32 Å². The molecule has 0 bridgehead atoms. The first-order chi connectivity index (χ1) is 13.4. The highest BCUT2D eigenvalue weighted by molar-refractivity contribution is 6.27. The summed E-state index contributed by atoms with van der Waals surface area (Å²) in [6.07, 6.45) is 0. The van der Waals surface area contributed by atoms with Crippen molar-refractivity contribution >= 4 is 11.6 Å². The predicted molar refractivity (Wildman–Crippen MR) is 100 cm³/mol. The highest BCUT2D eigenvalue weighted by Crippen LogP contribution is 2.44. The Kier molecular flexibility index (Phi) is 4.07. The third kappa shape index (κ3) is 2.51. The quantitative estimate of drug-likeness (QED) is 0.653. The lowest BCUT2D eigenvalue weighted by Crippen LogP contribution is -2.35. The van der Waals surface area contributed by atoms with Crippen molar-refractivity contribution < 1.29 is 19.2 Å². The molecule has 0 fully saturated rings. The molecule has 7 nitrogen and oxygen atoms in total. The minimum atomic E-state index is -1.02. The van der Waals surface area contributed by atoms with Gasteiger partial charge in [-0.1, -0.05) is 54.1 Å². The topological polar surface area (TPSA) is 98.5 Å². The highest BCUT2D eigenvalue weighted by atomic mass is 16.6. The third-order valence-corrected chi connectivity index (χ3v) is 4.91. The third-order valence-electron chi connectivity index (χ3n) is 4.91. The summed E-state index contributed by atoms with van der Waals surface area (Å²) in [7, 11) is 1.47. The SMILES string of the molecule is CNC1=C([N+](=O)[O-])C(c2cccc(C)c2)C2=C(O1)C(=O)c1ccccc1C2=O. The number of ketones is 2. The van der Waals surface area contributed by atoms with Crippen LogP contribution in [0.2, 0.25) is 0 Å². The molecule has 2 aromatic rings. The molecule has 1 N–H and O–H groups in total. The number of allylic oxidation sites excluding steroid dienone is 2. The summed E-state index contributed by atoms with van der Waals surface area (Å²) in [5, 5.41) is 14.6. The van der Waals surface area contributed by atoms with Gasteiger partial charge < -0.3 is 10.1 Å². The minimum absolute atomic E-state index is 0.000000000000000222. The number of carbonyl (C=O) groups is 2. The largest absolute Gasteiger partial charge is 0.431 e. The van der Waals surface area contributed by atoms with Crippen LogP contribution in [0, 0.1) is 17.0 Å². The molecule has 28 heavy (non-hydrogen) atoms. The van der Waals surface area contributed by atoms with Crippen LogP contribution in [0.25, 0.3) is 0 Å². The molecule has 0 aromatic heterocycles. The molecule has 1 aliphatic carbocycles. The Morgan fingerprint density at radius 2 is 1.71 bits per heavy atom. The number of nitro groups is 1. The van der Waals surface area contributed by atoms with Crippen molar-refractivity contribution in [3.63, 3.8) is 0 Å². The smallest absolute Gasteiger partial charge is 0.317 e. The number of nitrogens with zero attached hydrogens (tertiary/aromatic N) is 1. The van der Waals surface area contributed by atoms with Crippen LogP contribution in [0.5, 0.6) is 0 Å². The Morgan fingerprint density at radius 1 is 1.04 bits per heavy atom. The number of nitrogens with one attached hydrogen (secondary N) is 1. The minimum Gasteiger partial charge on any atom is -0.431 e. The first-order valence-electron chi connectivity index (χ1n) is 8.67. The van der Waals surface area contributed by atoms with Gasteiger partial charge in [0.15, 0.2) is 11.5 Å². The Hall–Kier alpha value is -3.74. The Balaban J connectivity index is 2.01. The van der Waals surface area contributed by atoms with Crippen molar-refractivity contribution in [2.45, 2.75) is 12.8 Å². The molecule has 1 heterocycles. The normalized spacial score (nSPS) is 18.4. The van der Waals surface area contributed by atoms with Crippen LogP contribution in [0.3, 0.4) is 0 Å². The van der Waals surface area contributed by atoms with E-state index >= 15 is 0 Å². The van der Waals surface area contributed by atoms with Gasteiger partial charge in [-0.25, -0.2) is 0 Å². The van der Waals surface area contributed by atoms with Crippen molar-refractivity contribution in [3.05, 3.63) is 104 Å². The number of aryl methyl sites for hydroxylation is 1. The summed E-state index contributed by atoms with van der Waals surface area (Å²) in [5.41, 5.74) is 1.59. The number of rotatable bonds is 3. The molecule has 1 aliphatic heterocycles. The number of hydrogen-bond donors (Lipinski definition) is 1. The van der Waals surface area contributed by atoms with Crippen molar-refractivity contribution in [3.8, 4) is 0 Å². The number of Topliss-reactive ketones (excluding diaryl/α,β-unsaturated/α-hetero) is 2. The molecule has 1 atom stereocenters. The van der Waals surface area contributed by atoms with Gasteiger partial charge in [-0.2, -0.15) is 0 Å². The maximum absolute atomic E-state index is 13.3. The number of benzene rings is 2. The molecular weight excluding hydrogens is 360 g/mol. The fraction of sp³-hybridized carbons (Fsp3) is 0.143. The Morgan fingerprint density at radius 3 is 2.32 bits per heavy atom. The first kappa shape index (κ1) is 17.7. The lowest BCUT2D eigenvalue weighted by molar-refractivity contribution is -0.433. The van der Waals surface area contributed by atoms with E-state index < -0.39 is 22.4 Å². The van der Waals surface area contributed by atoms with Crippen LogP contribution in [0.1, 0.15) is 37.8 Å². The van der Waals surface area contributed by atoms with Gasteiger partial charge in [-0.05, 0) is 12.5 Å². The monoisotopic (exact) mass is 376 g/mol.